The standard InChI is InChI=1S/C9H13F2N3O2S/c10-8(11)7-1-5-14(6-2-7)17(15,16)9-12-3-4-13-9/h3-4,7-8H,1-2,5-6H2,(H,12,13). The Bertz CT molecular complexity index is 453. The molecule has 0 amide bonds. The molecule has 1 aromatic rings. The first-order chi connectivity index (χ1) is 8.01. The van der Waals surface area contributed by atoms with E-state index in [0.29, 0.717) is 0 Å². The first-order valence-corrected chi connectivity index (χ1v) is 6.73. The number of imidazole rings is 1. The predicted octanol–water partition coefficient (Wildman–Crippen LogP) is 1.08. The Morgan fingerprint density at radius 2 is 2.06 bits per heavy atom. The molecule has 0 atom stereocenters. The number of hydrogen-bond acceptors (Lipinski definition) is 3. The van der Waals surface area contributed by atoms with Gasteiger partial charge in [-0.25, -0.2) is 22.2 Å². The fraction of sp³-hybridized carbons (Fsp3) is 0.667. The number of H-pyrrole nitrogens is 1. The van der Waals surface area contributed by atoms with Crippen molar-refractivity contribution in [1.82, 2.24) is 14.3 Å². The second-order valence-electron chi connectivity index (χ2n) is 3.97. The van der Waals surface area contributed by atoms with Crippen molar-refractivity contribution >= 4 is 10.0 Å². The zero-order valence-electron chi connectivity index (χ0n) is 9.01. The molecule has 0 aromatic carbocycles. The number of rotatable bonds is 3. The van der Waals surface area contributed by atoms with Gasteiger partial charge in [0.25, 0.3) is 10.0 Å². The minimum atomic E-state index is -3.65. The van der Waals surface area contributed by atoms with Crippen LogP contribution >= 0.6 is 0 Å². The maximum absolute atomic E-state index is 12.4. The van der Waals surface area contributed by atoms with Crippen molar-refractivity contribution in [1.29, 1.82) is 0 Å². The van der Waals surface area contributed by atoms with E-state index in [9.17, 15) is 17.2 Å². The van der Waals surface area contributed by atoms with E-state index in [0.717, 1.165) is 0 Å². The molecule has 0 aliphatic carbocycles. The van der Waals surface area contributed by atoms with E-state index in [1.54, 1.807) is 0 Å². The summed E-state index contributed by atoms with van der Waals surface area (Å²) in [6.07, 6.45) is 0.774. The van der Waals surface area contributed by atoms with Crippen LogP contribution in [-0.2, 0) is 10.0 Å². The molecule has 0 bridgehead atoms. The molecule has 0 saturated carbocycles. The SMILES string of the molecule is O=S(=O)(c1ncc[nH]1)N1CCC(C(F)F)CC1. The molecule has 1 aromatic heterocycles. The Hall–Kier alpha value is -1.02. The van der Waals surface area contributed by atoms with E-state index in [2.05, 4.69) is 9.97 Å². The topological polar surface area (TPSA) is 66.1 Å². The highest BCUT2D eigenvalue weighted by Crippen LogP contribution is 2.26. The lowest BCUT2D eigenvalue weighted by Gasteiger charge is -2.29. The summed E-state index contributed by atoms with van der Waals surface area (Å²) in [6.45, 7) is 0.246. The van der Waals surface area contributed by atoms with E-state index in [1.807, 2.05) is 0 Å². The van der Waals surface area contributed by atoms with Crippen LogP contribution in [0.3, 0.4) is 0 Å². The van der Waals surface area contributed by atoms with Crippen molar-refractivity contribution in [2.24, 2.45) is 5.92 Å². The Morgan fingerprint density at radius 1 is 1.41 bits per heavy atom. The number of piperidine rings is 1. The van der Waals surface area contributed by atoms with Crippen LogP contribution in [0, 0.1) is 5.92 Å². The quantitative estimate of drug-likeness (QED) is 0.889. The molecule has 17 heavy (non-hydrogen) atoms. The summed E-state index contributed by atoms with van der Waals surface area (Å²) in [5.41, 5.74) is 0. The highest BCUT2D eigenvalue weighted by molar-refractivity contribution is 7.88. The molecule has 1 fully saturated rings. The summed E-state index contributed by atoms with van der Waals surface area (Å²) in [5.74, 6) is -0.696. The smallest absolute Gasteiger partial charge is 0.276 e. The van der Waals surface area contributed by atoms with Gasteiger partial charge in [0.1, 0.15) is 0 Å². The number of aromatic nitrogens is 2. The van der Waals surface area contributed by atoms with Crippen molar-refractivity contribution in [3.8, 4) is 0 Å². The second kappa shape index (κ2) is 4.69. The minimum absolute atomic E-state index is 0.123. The lowest BCUT2D eigenvalue weighted by Crippen LogP contribution is -2.40. The third-order valence-corrected chi connectivity index (χ3v) is 4.67. The minimum Gasteiger partial charge on any atom is -0.334 e. The normalized spacial score (nSPS) is 19.9. The molecule has 2 rings (SSSR count). The molecule has 0 spiro atoms. The summed E-state index contributed by atoms with van der Waals surface area (Å²) >= 11 is 0. The van der Waals surface area contributed by atoms with Crippen molar-refractivity contribution in [2.45, 2.75) is 24.4 Å². The monoisotopic (exact) mass is 265 g/mol. The number of alkyl halides is 2. The highest BCUT2D eigenvalue weighted by atomic mass is 32.2. The van der Waals surface area contributed by atoms with Gasteiger partial charge in [0.15, 0.2) is 0 Å². The van der Waals surface area contributed by atoms with Crippen molar-refractivity contribution < 1.29 is 17.2 Å². The third kappa shape index (κ3) is 2.47. The van der Waals surface area contributed by atoms with Crippen LogP contribution in [0.25, 0.3) is 0 Å². The first-order valence-electron chi connectivity index (χ1n) is 5.29. The Balaban J connectivity index is 2.07. The number of aromatic amines is 1. The summed E-state index contributed by atoms with van der Waals surface area (Å²) in [5, 5.41) is -0.131. The van der Waals surface area contributed by atoms with Gasteiger partial charge in [-0.1, -0.05) is 0 Å². The van der Waals surface area contributed by atoms with Crippen LogP contribution < -0.4 is 0 Å². The first kappa shape index (κ1) is 12.4. The maximum atomic E-state index is 12.4. The van der Waals surface area contributed by atoms with E-state index < -0.39 is 22.4 Å². The van der Waals surface area contributed by atoms with Crippen LogP contribution in [0.1, 0.15) is 12.8 Å². The largest absolute Gasteiger partial charge is 0.334 e. The van der Waals surface area contributed by atoms with E-state index in [1.165, 1.54) is 16.7 Å². The van der Waals surface area contributed by atoms with Crippen LogP contribution in [0.5, 0.6) is 0 Å². The van der Waals surface area contributed by atoms with Crippen LogP contribution in [0.2, 0.25) is 0 Å². The fourth-order valence-corrected chi connectivity index (χ4v) is 3.23. The molecular formula is C9H13F2N3O2S. The van der Waals surface area contributed by atoms with Gasteiger partial charge in [-0.2, -0.15) is 4.31 Å². The molecule has 0 unspecified atom stereocenters. The number of nitrogens with one attached hydrogen (secondary N) is 1. The zero-order valence-corrected chi connectivity index (χ0v) is 9.83. The molecule has 1 N–H and O–H groups in total. The van der Waals surface area contributed by atoms with Crippen molar-refractivity contribution in [2.75, 3.05) is 13.1 Å². The fourth-order valence-electron chi connectivity index (χ4n) is 1.88. The van der Waals surface area contributed by atoms with E-state index in [4.69, 9.17) is 0 Å². The molecule has 96 valence electrons. The van der Waals surface area contributed by atoms with Gasteiger partial charge in [0.2, 0.25) is 11.6 Å². The third-order valence-electron chi connectivity index (χ3n) is 2.91. The van der Waals surface area contributed by atoms with Crippen molar-refractivity contribution in [3.63, 3.8) is 0 Å². The average Bonchev–Trinajstić information content (AvgIpc) is 2.83. The van der Waals surface area contributed by atoms with Gasteiger partial charge in [-0.05, 0) is 12.8 Å². The Kier molecular flexibility index (Phi) is 3.43. The molecule has 5 nitrogen and oxygen atoms in total. The molecule has 0 radical (unpaired) electrons. The molecule has 1 aliphatic rings. The molecule has 2 heterocycles. The van der Waals surface area contributed by atoms with E-state index >= 15 is 0 Å². The Labute approximate surface area is 97.9 Å². The summed E-state index contributed by atoms with van der Waals surface area (Å²) < 4.78 is 50.0. The number of nitrogens with zero attached hydrogens (tertiary/aromatic N) is 2. The van der Waals surface area contributed by atoms with Gasteiger partial charge < -0.3 is 4.98 Å². The highest BCUT2D eigenvalue weighted by Gasteiger charge is 2.33. The molecule has 1 aliphatic heterocycles. The van der Waals surface area contributed by atoms with Gasteiger partial charge >= 0.3 is 0 Å². The zero-order chi connectivity index (χ0) is 12.5. The molecule has 1 saturated heterocycles. The van der Waals surface area contributed by atoms with Gasteiger partial charge in [0.05, 0.1) is 0 Å². The summed E-state index contributed by atoms with van der Waals surface area (Å²) in [4.78, 5) is 6.20. The number of halogens is 2. The van der Waals surface area contributed by atoms with Crippen LogP contribution in [-0.4, -0.2) is 42.2 Å². The molecular weight excluding hydrogens is 252 g/mol. The van der Waals surface area contributed by atoms with Gasteiger partial charge in [-0.15, -0.1) is 0 Å². The van der Waals surface area contributed by atoms with Crippen LogP contribution in [0.15, 0.2) is 17.6 Å². The number of hydrogen-bond donors (Lipinski definition) is 1. The van der Waals surface area contributed by atoms with E-state index in [-0.39, 0.29) is 31.1 Å². The average molecular weight is 265 g/mol. The predicted molar refractivity (Wildman–Crippen MR) is 56.1 cm³/mol. The van der Waals surface area contributed by atoms with Crippen LogP contribution in [0.4, 0.5) is 8.78 Å². The maximum Gasteiger partial charge on any atom is 0.276 e. The lowest BCUT2D eigenvalue weighted by molar-refractivity contribution is 0.0490. The molecule has 8 heteroatoms. The Morgan fingerprint density at radius 3 is 2.53 bits per heavy atom. The van der Waals surface area contributed by atoms with Gasteiger partial charge in [0, 0.05) is 31.4 Å². The lowest BCUT2D eigenvalue weighted by atomic mass is 9.99. The summed E-state index contributed by atoms with van der Waals surface area (Å²) in [7, 11) is -3.65. The van der Waals surface area contributed by atoms with Crippen molar-refractivity contribution in [3.05, 3.63) is 12.4 Å². The second-order valence-corrected chi connectivity index (χ2v) is 5.82. The summed E-state index contributed by atoms with van der Waals surface area (Å²) in [6, 6.07) is 0. The number of sulfonamides is 1. The van der Waals surface area contributed by atoms with Gasteiger partial charge in [-0.3, -0.25) is 0 Å².